The van der Waals surface area contributed by atoms with Crippen molar-refractivity contribution in [3.8, 4) is 0 Å². The van der Waals surface area contributed by atoms with E-state index in [0.717, 1.165) is 57.2 Å². The van der Waals surface area contributed by atoms with Gasteiger partial charge in [0.2, 0.25) is 17.7 Å². The summed E-state index contributed by atoms with van der Waals surface area (Å²) < 4.78 is 1.63. The molecule has 234 valence electrons. The first-order valence-corrected chi connectivity index (χ1v) is 15.8. The third-order valence-corrected chi connectivity index (χ3v) is 8.62. The van der Waals surface area contributed by atoms with Crippen LogP contribution in [-0.4, -0.2) is 88.5 Å². The molecule has 2 heterocycles. The number of nitrogens with zero attached hydrogens (tertiary/aromatic N) is 4. The molecule has 1 saturated heterocycles. The first kappa shape index (κ1) is 32.2. The molecule has 4 amide bonds. The summed E-state index contributed by atoms with van der Waals surface area (Å²) in [6.07, 6.45) is 8.38. The van der Waals surface area contributed by atoms with Gasteiger partial charge in [-0.1, -0.05) is 44.7 Å². The zero-order valence-corrected chi connectivity index (χ0v) is 25.8. The Morgan fingerprint density at radius 3 is 2.21 bits per heavy atom. The molecule has 1 aliphatic heterocycles. The van der Waals surface area contributed by atoms with Gasteiger partial charge in [-0.3, -0.25) is 23.9 Å². The summed E-state index contributed by atoms with van der Waals surface area (Å²) in [6, 6.07) is 7.72. The van der Waals surface area contributed by atoms with E-state index in [0.29, 0.717) is 43.9 Å². The summed E-state index contributed by atoms with van der Waals surface area (Å²) in [6.45, 7) is 7.14. The van der Waals surface area contributed by atoms with Gasteiger partial charge in [0.05, 0.1) is 0 Å². The number of piperazine rings is 1. The van der Waals surface area contributed by atoms with Gasteiger partial charge in [0.1, 0.15) is 17.8 Å². The molecule has 11 nitrogen and oxygen atoms in total. The summed E-state index contributed by atoms with van der Waals surface area (Å²) >= 11 is 0. The second-order valence-electron chi connectivity index (χ2n) is 11.7. The normalized spacial score (nSPS) is 17.9. The average molecular weight is 594 g/mol. The lowest BCUT2D eigenvalue weighted by molar-refractivity contribution is -0.137. The Labute approximate surface area is 254 Å². The molecule has 3 N–H and O–H groups in total. The number of carbonyl (C=O) groups excluding carboxylic acids is 4. The highest BCUT2D eigenvalue weighted by Gasteiger charge is 2.32. The molecule has 11 heteroatoms. The molecule has 0 radical (unpaired) electrons. The molecule has 43 heavy (non-hydrogen) atoms. The summed E-state index contributed by atoms with van der Waals surface area (Å²) in [5, 5.41) is 13.1. The van der Waals surface area contributed by atoms with Crippen molar-refractivity contribution in [2.24, 2.45) is 5.92 Å². The Kier molecular flexibility index (Phi) is 11.7. The van der Waals surface area contributed by atoms with Crippen LogP contribution in [0.3, 0.4) is 0 Å². The molecule has 1 unspecified atom stereocenters. The van der Waals surface area contributed by atoms with Crippen molar-refractivity contribution < 1.29 is 19.2 Å². The number of carbonyl (C=O) groups is 4. The molecule has 1 aromatic carbocycles. The van der Waals surface area contributed by atoms with E-state index in [4.69, 9.17) is 0 Å². The summed E-state index contributed by atoms with van der Waals surface area (Å²) in [5.74, 6) is -0.728. The van der Waals surface area contributed by atoms with Gasteiger partial charge in [-0.15, -0.1) is 0 Å². The number of rotatable bonds is 11. The third-order valence-electron chi connectivity index (χ3n) is 8.62. The van der Waals surface area contributed by atoms with Crippen LogP contribution in [0, 0.1) is 5.92 Å². The van der Waals surface area contributed by atoms with Gasteiger partial charge in [-0.2, -0.15) is 5.10 Å². The fraction of sp³-hybridized carbons (Fsp3) is 0.594. The quantitative estimate of drug-likeness (QED) is 0.344. The monoisotopic (exact) mass is 593 g/mol. The molecular weight excluding hydrogens is 546 g/mol. The topological polar surface area (TPSA) is 129 Å². The van der Waals surface area contributed by atoms with E-state index in [1.807, 2.05) is 43.1 Å². The summed E-state index contributed by atoms with van der Waals surface area (Å²) in [7, 11) is 2.03. The maximum Gasteiger partial charge on any atom is 0.270 e. The van der Waals surface area contributed by atoms with Crippen molar-refractivity contribution >= 4 is 29.3 Å². The predicted octanol–water partition coefficient (Wildman–Crippen LogP) is 2.82. The number of aromatic nitrogens is 2. The van der Waals surface area contributed by atoms with E-state index in [2.05, 4.69) is 25.9 Å². The van der Waals surface area contributed by atoms with E-state index in [-0.39, 0.29) is 29.5 Å². The molecule has 4 rings (SSSR count). The fourth-order valence-corrected chi connectivity index (χ4v) is 5.96. The minimum atomic E-state index is -0.666. The van der Waals surface area contributed by atoms with Gasteiger partial charge in [-0.05, 0) is 56.5 Å². The maximum absolute atomic E-state index is 13.6. The van der Waals surface area contributed by atoms with Gasteiger partial charge >= 0.3 is 0 Å². The molecule has 1 saturated carbocycles. The standard InChI is InChI=1S/C32H47N7O4/c1-4-28(40)35-26(32(43)38-20-18-37(3)19-21-38)22-23-12-14-25(15-13-23)34-31(42)29(24-10-8-6-7-9-11-24)36-30(41)27-16-17-33-39(27)5-2/h12-17,24,26,29H,4-11,18-22H2,1-3H3,(H,34,42)(H,35,40)(H,36,41)/t26?,29-/m0/s1. The molecule has 2 aromatic rings. The minimum absolute atomic E-state index is 0.0484. The SMILES string of the molecule is CCC(=O)NC(Cc1ccc(NC(=O)[C@@H](NC(=O)c2ccnn2CC)C2CCCCCC2)cc1)C(=O)N1CCN(C)CC1. The molecule has 1 aliphatic carbocycles. The van der Waals surface area contributed by atoms with Gasteiger partial charge < -0.3 is 25.8 Å². The second kappa shape index (κ2) is 15.7. The van der Waals surface area contributed by atoms with Crippen molar-refractivity contribution in [2.75, 3.05) is 38.5 Å². The molecule has 0 bridgehead atoms. The number of aryl methyl sites for hydroxylation is 1. The van der Waals surface area contributed by atoms with Crippen LogP contribution in [0.1, 0.15) is 74.8 Å². The number of nitrogens with one attached hydrogen (secondary N) is 3. The van der Waals surface area contributed by atoms with Crippen LogP contribution in [0.5, 0.6) is 0 Å². The number of hydrogen-bond acceptors (Lipinski definition) is 6. The van der Waals surface area contributed by atoms with E-state index >= 15 is 0 Å². The molecule has 2 atom stereocenters. The number of anilines is 1. The van der Waals surface area contributed by atoms with Crippen molar-refractivity contribution in [1.82, 2.24) is 30.2 Å². The van der Waals surface area contributed by atoms with E-state index in [9.17, 15) is 19.2 Å². The number of amides is 4. The fourth-order valence-electron chi connectivity index (χ4n) is 5.96. The van der Waals surface area contributed by atoms with Gasteiger partial charge in [0.25, 0.3) is 5.91 Å². The van der Waals surface area contributed by atoms with Crippen LogP contribution in [0.4, 0.5) is 5.69 Å². The van der Waals surface area contributed by atoms with Gasteiger partial charge in [0, 0.05) is 57.4 Å². The van der Waals surface area contributed by atoms with Crippen LogP contribution in [-0.2, 0) is 27.3 Å². The largest absolute Gasteiger partial charge is 0.344 e. The van der Waals surface area contributed by atoms with Crippen LogP contribution >= 0.6 is 0 Å². The summed E-state index contributed by atoms with van der Waals surface area (Å²) in [4.78, 5) is 56.4. The Hall–Kier alpha value is -3.73. The lowest BCUT2D eigenvalue weighted by atomic mass is 9.91. The first-order valence-electron chi connectivity index (χ1n) is 15.8. The molecule has 2 aliphatic rings. The van der Waals surface area contributed by atoms with E-state index < -0.39 is 12.1 Å². The molecular formula is C32H47N7O4. The molecule has 2 fully saturated rings. The Morgan fingerprint density at radius 1 is 0.907 bits per heavy atom. The van der Waals surface area contributed by atoms with Gasteiger partial charge in [0.15, 0.2) is 0 Å². The highest BCUT2D eigenvalue weighted by molar-refractivity contribution is 6.00. The predicted molar refractivity (Wildman–Crippen MR) is 165 cm³/mol. The zero-order valence-electron chi connectivity index (χ0n) is 25.8. The zero-order chi connectivity index (χ0) is 30.8. The number of likely N-dealkylation sites (N-methyl/N-ethyl adjacent to an activating group) is 1. The smallest absolute Gasteiger partial charge is 0.270 e. The van der Waals surface area contributed by atoms with Crippen LogP contribution in [0.2, 0.25) is 0 Å². The van der Waals surface area contributed by atoms with Crippen LogP contribution in [0.15, 0.2) is 36.5 Å². The highest BCUT2D eigenvalue weighted by Crippen LogP contribution is 2.27. The van der Waals surface area contributed by atoms with Crippen molar-refractivity contribution in [2.45, 2.75) is 83.8 Å². The van der Waals surface area contributed by atoms with Crippen LogP contribution < -0.4 is 16.0 Å². The minimum Gasteiger partial charge on any atom is -0.344 e. The van der Waals surface area contributed by atoms with Crippen molar-refractivity contribution in [1.29, 1.82) is 0 Å². The second-order valence-corrected chi connectivity index (χ2v) is 11.7. The lowest BCUT2D eigenvalue weighted by Crippen LogP contribution is -2.54. The van der Waals surface area contributed by atoms with Crippen molar-refractivity contribution in [3.63, 3.8) is 0 Å². The molecule has 1 aromatic heterocycles. The van der Waals surface area contributed by atoms with Crippen LogP contribution in [0.25, 0.3) is 0 Å². The van der Waals surface area contributed by atoms with E-state index in [1.54, 1.807) is 23.9 Å². The lowest BCUT2D eigenvalue weighted by Gasteiger charge is -2.34. The third kappa shape index (κ3) is 8.89. The number of hydrogen-bond donors (Lipinski definition) is 3. The van der Waals surface area contributed by atoms with Gasteiger partial charge in [-0.25, -0.2) is 0 Å². The maximum atomic E-state index is 13.6. The van der Waals surface area contributed by atoms with Crippen molar-refractivity contribution in [3.05, 3.63) is 47.8 Å². The Morgan fingerprint density at radius 2 is 1.58 bits per heavy atom. The van der Waals surface area contributed by atoms with E-state index in [1.165, 1.54) is 0 Å². The first-order chi connectivity index (χ1) is 20.8. The Bertz CT molecular complexity index is 1230. The molecule has 0 spiro atoms. The highest BCUT2D eigenvalue weighted by atomic mass is 16.2. The Balaban J connectivity index is 1.44. The summed E-state index contributed by atoms with van der Waals surface area (Å²) in [5.41, 5.74) is 1.93. The average Bonchev–Trinajstić information content (AvgIpc) is 3.34. The number of benzene rings is 1.